The molecule has 5 heteroatoms. The first-order valence-electron chi connectivity index (χ1n) is 8.66. The number of fused-ring (bicyclic) bond motifs is 2. The van der Waals surface area contributed by atoms with Crippen molar-refractivity contribution >= 4 is 43.6 Å². The maximum absolute atomic E-state index is 12.3. The van der Waals surface area contributed by atoms with Crippen LogP contribution in [0.25, 0.3) is 21.8 Å². The topological polar surface area (TPSA) is 39.0 Å². The first kappa shape index (κ1) is 16.9. The van der Waals surface area contributed by atoms with Crippen molar-refractivity contribution in [1.82, 2.24) is 14.5 Å². The quantitative estimate of drug-likeness (QED) is 0.525. The molecule has 132 valence electrons. The molecule has 4 rings (SSSR count). The number of carbonyl (C=O) groups excluding carboxylic acids is 1. The first-order chi connectivity index (χ1) is 12.6. The highest BCUT2D eigenvalue weighted by Crippen LogP contribution is 2.21. The Bertz CT molecular complexity index is 1090. The minimum absolute atomic E-state index is 0.0330. The van der Waals surface area contributed by atoms with Gasteiger partial charge >= 0.3 is 0 Å². The second kappa shape index (κ2) is 7.00. The standard InChI is InChI=1S/C21H20BrN3O/c1-24-13-16(18-4-2-3-5-20(18)24)8-10-23-21(26)14-25-11-9-15-12-17(22)6-7-19(15)25/h2-7,9,11-13H,8,10,14H2,1H3,(H,23,26). The molecular formula is C21H20BrN3O. The van der Waals surface area contributed by atoms with Crippen LogP contribution in [0.3, 0.4) is 0 Å². The van der Waals surface area contributed by atoms with Crippen molar-refractivity contribution in [2.24, 2.45) is 7.05 Å². The summed E-state index contributed by atoms with van der Waals surface area (Å²) in [6.45, 7) is 0.970. The highest BCUT2D eigenvalue weighted by Gasteiger charge is 2.08. The Hall–Kier alpha value is -2.53. The molecule has 2 aromatic heterocycles. The summed E-state index contributed by atoms with van der Waals surface area (Å²) >= 11 is 3.48. The van der Waals surface area contributed by atoms with Crippen LogP contribution in [0.4, 0.5) is 0 Å². The van der Waals surface area contributed by atoms with Crippen molar-refractivity contribution in [1.29, 1.82) is 0 Å². The molecule has 26 heavy (non-hydrogen) atoms. The Morgan fingerprint density at radius 3 is 2.85 bits per heavy atom. The van der Waals surface area contributed by atoms with Crippen LogP contribution in [0.15, 0.2) is 65.4 Å². The van der Waals surface area contributed by atoms with Gasteiger partial charge in [-0.3, -0.25) is 4.79 Å². The number of benzene rings is 2. The summed E-state index contributed by atoms with van der Waals surface area (Å²) in [6, 6.07) is 16.5. The molecule has 4 nitrogen and oxygen atoms in total. The number of para-hydroxylation sites is 1. The Morgan fingerprint density at radius 1 is 1.12 bits per heavy atom. The largest absolute Gasteiger partial charge is 0.354 e. The van der Waals surface area contributed by atoms with E-state index in [0.717, 1.165) is 21.8 Å². The summed E-state index contributed by atoms with van der Waals surface area (Å²) in [6.07, 6.45) is 4.93. The average Bonchev–Trinajstić information content (AvgIpc) is 3.16. The van der Waals surface area contributed by atoms with E-state index in [0.29, 0.717) is 13.1 Å². The van der Waals surface area contributed by atoms with Gasteiger partial charge in [0.1, 0.15) is 6.54 Å². The van der Waals surface area contributed by atoms with E-state index in [9.17, 15) is 4.79 Å². The lowest BCUT2D eigenvalue weighted by atomic mass is 10.1. The third kappa shape index (κ3) is 3.27. The van der Waals surface area contributed by atoms with E-state index in [1.807, 2.05) is 35.0 Å². The van der Waals surface area contributed by atoms with Crippen molar-refractivity contribution in [2.45, 2.75) is 13.0 Å². The molecule has 4 aromatic rings. The van der Waals surface area contributed by atoms with Gasteiger partial charge in [0, 0.05) is 52.3 Å². The molecule has 0 fully saturated rings. The fourth-order valence-corrected chi connectivity index (χ4v) is 3.86. The molecule has 0 aliphatic rings. The number of aryl methyl sites for hydroxylation is 1. The van der Waals surface area contributed by atoms with Gasteiger partial charge in [0.25, 0.3) is 0 Å². The second-order valence-corrected chi connectivity index (χ2v) is 7.44. The zero-order valence-electron chi connectivity index (χ0n) is 14.6. The lowest BCUT2D eigenvalue weighted by Crippen LogP contribution is -2.29. The number of hydrogen-bond acceptors (Lipinski definition) is 1. The van der Waals surface area contributed by atoms with Gasteiger partial charge in [0.15, 0.2) is 0 Å². The lowest BCUT2D eigenvalue weighted by molar-refractivity contribution is -0.121. The predicted molar refractivity (Wildman–Crippen MR) is 109 cm³/mol. The Labute approximate surface area is 160 Å². The summed E-state index contributed by atoms with van der Waals surface area (Å²) in [7, 11) is 2.06. The number of rotatable bonds is 5. The van der Waals surface area contributed by atoms with Gasteiger partial charge in [0.2, 0.25) is 5.91 Å². The monoisotopic (exact) mass is 409 g/mol. The van der Waals surface area contributed by atoms with E-state index in [2.05, 4.69) is 63.3 Å². The molecule has 0 spiro atoms. The molecule has 2 heterocycles. The van der Waals surface area contributed by atoms with Crippen molar-refractivity contribution in [3.63, 3.8) is 0 Å². The molecule has 1 N–H and O–H groups in total. The van der Waals surface area contributed by atoms with Crippen molar-refractivity contribution in [3.05, 3.63) is 71.0 Å². The minimum Gasteiger partial charge on any atom is -0.354 e. The molecule has 0 unspecified atom stereocenters. The molecular weight excluding hydrogens is 390 g/mol. The number of aromatic nitrogens is 2. The number of hydrogen-bond donors (Lipinski definition) is 1. The van der Waals surface area contributed by atoms with Crippen LogP contribution in [-0.4, -0.2) is 21.6 Å². The van der Waals surface area contributed by atoms with Crippen molar-refractivity contribution < 1.29 is 4.79 Å². The van der Waals surface area contributed by atoms with Gasteiger partial charge in [-0.2, -0.15) is 0 Å². The van der Waals surface area contributed by atoms with E-state index in [1.165, 1.54) is 16.5 Å². The fraction of sp³-hybridized carbons (Fsp3) is 0.190. The molecule has 0 bridgehead atoms. The molecule has 0 aliphatic heterocycles. The molecule has 0 saturated heterocycles. The van der Waals surface area contributed by atoms with Crippen LogP contribution in [0.2, 0.25) is 0 Å². The van der Waals surface area contributed by atoms with Crippen molar-refractivity contribution in [2.75, 3.05) is 6.54 Å². The van der Waals surface area contributed by atoms with Gasteiger partial charge in [0.05, 0.1) is 0 Å². The van der Waals surface area contributed by atoms with Crippen molar-refractivity contribution in [3.8, 4) is 0 Å². The van der Waals surface area contributed by atoms with E-state index in [-0.39, 0.29) is 5.91 Å². The van der Waals surface area contributed by atoms with Crippen LogP contribution in [0.5, 0.6) is 0 Å². The first-order valence-corrected chi connectivity index (χ1v) is 9.45. The zero-order chi connectivity index (χ0) is 18.1. The van der Waals surface area contributed by atoms with Gasteiger partial charge in [-0.05, 0) is 42.3 Å². The van der Waals surface area contributed by atoms with Crippen LogP contribution < -0.4 is 5.32 Å². The molecule has 0 saturated carbocycles. The maximum atomic E-state index is 12.3. The van der Waals surface area contributed by atoms with Gasteiger partial charge in [-0.1, -0.05) is 34.1 Å². The summed E-state index contributed by atoms with van der Waals surface area (Å²) in [5.74, 6) is 0.0330. The maximum Gasteiger partial charge on any atom is 0.239 e. The normalized spacial score (nSPS) is 11.3. The third-order valence-electron chi connectivity index (χ3n) is 4.74. The van der Waals surface area contributed by atoms with Gasteiger partial charge in [-0.25, -0.2) is 0 Å². The molecule has 1 amide bonds. The number of nitrogens with one attached hydrogen (secondary N) is 1. The number of nitrogens with zero attached hydrogens (tertiary/aromatic N) is 2. The second-order valence-electron chi connectivity index (χ2n) is 6.53. The van der Waals surface area contributed by atoms with Crippen LogP contribution in [0, 0.1) is 0 Å². The van der Waals surface area contributed by atoms with Crippen LogP contribution in [0.1, 0.15) is 5.56 Å². The van der Waals surface area contributed by atoms with E-state index in [4.69, 9.17) is 0 Å². The third-order valence-corrected chi connectivity index (χ3v) is 5.24. The highest BCUT2D eigenvalue weighted by atomic mass is 79.9. The summed E-state index contributed by atoms with van der Waals surface area (Å²) in [5.41, 5.74) is 3.55. The summed E-state index contributed by atoms with van der Waals surface area (Å²) in [5, 5.41) is 5.42. The van der Waals surface area contributed by atoms with Crippen LogP contribution in [-0.2, 0) is 24.8 Å². The number of carbonyl (C=O) groups is 1. The molecule has 0 aliphatic carbocycles. The van der Waals surface area contributed by atoms with Gasteiger partial charge < -0.3 is 14.5 Å². The van der Waals surface area contributed by atoms with Gasteiger partial charge in [-0.15, -0.1) is 0 Å². The smallest absolute Gasteiger partial charge is 0.239 e. The minimum atomic E-state index is 0.0330. The fourth-order valence-electron chi connectivity index (χ4n) is 3.48. The number of halogens is 1. The molecule has 2 aromatic carbocycles. The Kier molecular flexibility index (Phi) is 4.55. The predicted octanol–water partition coefficient (Wildman–Crippen LogP) is 4.25. The molecule has 0 radical (unpaired) electrons. The highest BCUT2D eigenvalue weighted by molar-refractivity contribution is 9.10. The number of amides is 1. The van der Waals surface area contributed by atoms with Crippen LogP contribution >= 0.6 is 15.9 Å². The van der Waals surface area contributed by atoms with E-state index < -0.39 is 0 Å². The molecule has 0 atom stereocenters. The summed E-state index contributed by atoms with van der Waals surface area (Å²) < 4.78 is 5.16. The SMILES string of the molecule is Cn1cc(CCNC(=O)Cn2ccc3cc(Br)ccc32)c2ccccc21. The Balaban J connectivity index is 1.39. The summed E-state index contributed by atoms with van der Waals surface area (Å²) in [4.78, 5) is 12.3. The van der Waals surface area contributed by atoms with E-state index >= 15 is 0 Å². The zero-order valence-corrected chi connectivity index (χ0v) is 16.2. The van der Waals surface area contributed by atoms with E-state index in [1.54, 1.807) is 0 Å². The lowest BCUT2D eigenvalue weighted by Gasteiger charge is -2.07. The Morgan fingerprint density at radius 2 is 1.96 bits per heavy atom. The average molecular weight is 410 g/mol.